The van der Waals surface area contributed by atoms with E-state index in [0.29, 0.717) is 5.56 Å². The highest BCUT2D eigenvalue weighted by Crippen LogP contribution is 2.14. The number of hydrogen-bond donors (Lipinski definition) is 3. The third-order valence-corrected chi connectivity index (χ3v) is 2.71. The minimum atomic E-state index is -0.232. The van der Waals surface area contributed by atoms with Gasteiger partial charge in [0.25, 0.3) is 5.91 Å². The van der Waals surface area contributed by atoms with E-state index in [2.05, 4.69) is 16.0 Å². The second kappa shape index (κ2) is 7.53. The number of anilines is 1. The molecule has 0 atom stereocenters. The van der Waals surface area contributed by atoms with E-state index in [9.17, 15) is 9.59 Å². The van der Waals surface area contributed by atoms with Crippen LogP contribution in [-0.2, 0) is 4.79 Å². The molecule has 0 fully saturated rings. The van der Waals surface area contributed by atoms with E-state index in [1.165, 1.54) is 0 Å². The van der Waals surface area contributed by atoms with Crippen LogP contribution in [0.2, 0.25) is 0 Å². The van der Waals surface area contributed by atoms with Crippen LogP contribution in [0.3, 0.4) is 0 Å². The van der Waals surface area contributed by atoms with Gasteiger partial charge in [0.05, 0.1) is 6.54 Å². The van der Waals surface area contributed by atoms with E-state index in [1.54, 1.807) is 6.07 Å². The zero-order valence-electron chi connectivity index (χ0n) is 12.5. The van der Waals surface area contributed by atoms with Crippen molar-refractivity contribution in [2.75, 3.05) is 18.4 Å². The third kappa shape index (κ3) is 4.91. The minimum Gasteiger partial charge on any atom is -0.385 e. The molecule has 1 aromatic rings. The summed E-state index contributed by atoms with van der Waals surface area (Å²) in [5.74, 6) is -0.417. The smallest absolute Gasteiger partial charge is 0.251 e. The maximum absolute atomic E-state index is 12.0. The SMILES string of the molecule is CCNc1ccc(C(=O)NCC(=O)NC(C)C)c(C)c1. The number of rotatable bonds is 6. The topological polar surface area (TPSA) is 70.2 Å². The number of carbonyl (C=O) groups excluding carboxylic acids is 2. The van der Waals surface area contributed by atoms with Gasteiger partial charge in [-0.3, -0.25) is 9.59 Å². The first-order valence-corrected chi connectivity index (χ1v) is 6.86. The van der Waals surface area contributed by atoms with Gasteiger partial charge in [0.2, 0.25) is 5.91 Å². The van der Waals surface area contributed by atoms with E-state index >= 15 is 0 Å². The van der Waals surface area contributed by atoms with Crippen LogP contribution in [0, 0.1) is 6.92 Å². The van der Waals surface area contributed by atoms with Gasteiger partial charge in [-0.2, -0.15) is 0 Å². The predicted octanol–water partition coefficient (Wildman–Crippen LogP) is 1.68. The van der Waals surface area contributed by atoms with Gasteiger partial charge in [0.1, 0.15) is 0 Å². The molecule has 0 saturated heterocycles. The Kier molecular flexibility index (Phi) is 6.03. The summed E-state index contributed by atoms with van der Waals surface area (Å²) in [4.78, 5) is 23.5. The molecular formula is C15H23N3O2. The van der Waals surface area contributed by atoms with E-state index in [1.807, 2.05) is 39.8 Å². The molecule has 0 bridgehead atoms. The molecule has 0 aliphatic carbocycles. The van der Waals surface area contributed by atoms with E-state index in [4.69, 9.17) is 0 Å². The highest BCUT2D eigenvalue weighted by Gasteiger charge is 2.11. The minimum absolute atomic E-state index is 0.00852. The maximum atomic E-state index is 12.0. The molecule has 0 aromatic heterocycles. The number of carbonyl (C=O) groups is 2. The fourth-order valence-electron chi connectivity index (χ4n) is 1.86. The van der Waals surface area contributed by atoms with Gasteiger partial charge in [-0.1, -0.05) is 0 Å². The molecule has 2 amide bonds. The average Bonchev–Trinajstić information content (AvgIpc) is 2.35. The summed E-state index contributed by atoms with van der Waals surface area (Å²) < 4.78 is 0. The summed E-state index contributed by atoms with van der Waals surface area (Å²) in [7, 11) is 0. The van der Waals surface area contributed by atoms with Gasteiger partial charge in [-0.05, 0) is 51.5 Å². The molecule has 0 spiro atoms. The number of nitrogens with one attached hydrogen (secondary N) is 3. The Bertz CT molecular complexity index is 484. The Labute approximate surface area is 120 Å². The van der Waals surface area contributed by atoms with E-state index in [0.717, 1.165) is 17.8 Å². The molecular weight excluding hydrogens is 254 g/mol. The van der Waals surface area contributed by atoms with Crippen molar-refractivity contribution in [1.82, 2.24) is 10.6 Å². The summed E-state index contributed by atoms with van der Waals surface area (Å²) in [6.07, 6.45) is 0. The Hall–Kier alpha value is -2.04. The van der Waals surface area contributed by atoms with Crippen LogP contribution in [0.15, 0.2) is 18.2 Å². The molecule has 0 radical (unpaired) electrons. The fourth-order valence-corrected chi connectivity index (χ4v) is 1.86. The molecule has 0 aliphatic heterocycles. The first kappa shape index (κ1) is 16.0. The van der Waals surface area contributed by atoms with Crippen LogP contribution in [0.1, 0.15) is 36.7 Å². The molecule has 5 heteroatoms. The van der Waals surface area contributed by atoms with Crippen LogP contribution >= 0.6 is 0 Å². The van der Waals surface area contributed by atoms with Crippen molar-refractivity contribution in [2.45, 2.75) is 33.7 Å². The number of benzene rings is 1. The predicted molar refractivity (Wildman–Crippen MR) is 81.0 cm³/mol. The summed E-state index contributed by atoms with van der Waals surface area (Å²) in [5.41, 5.74) is 2.45. The molecule has 0 saturated carbocycles. The third-order valence-electron chi connectivity index (χ3n) is 2.71. The summed E-state index contributed by atoms with van der Waals surface area (Å²) in [6.45, 7) is 8.48. The second-order valence-corrected chi connectivity index (χ2v) is 4.96. The van der Waals surface area contributed by atoms with Crippen molar-refractivity contribution in [3.63, 3.8) is 0 Å². The van der Waals surface area contributed by atoms with Crippen molar-refractivity contribution in [3.8, 4) is 0 Å². The largest absolute Gasteiger partial charge is 0.385 e. The van der Waals surface area contributed by atoms with Crippen molar-refractivity contribution >= 4 is 17.5 Å². The highest BCUT2D eigenvalue weighted by atomic mass is 16.2. The van der Waals surface area contributed by atoms with Crippen molar-refractivity contribution < 1.29 is 9.59 Å². The van der Waals surface area contributed by atoms with Crippen LogP contribution in [-0.4, -0.2) is 30.9 Å². The molecule has 1 aromatic carbocycles. The number of hydrogen-bond acceptors (Lipinski definition) is 3. The van der Waals surface area contributed by atoms with Gasteiger partial charge in [-0.25, -0.2) is 0 Å². The highest BCUT2D eigenvalue weighted by molar-refractivity contribution is 5.98. The second-order valence-electron chi connectivity index (χ2n) is 4.96. The fraction of sp³-hybridized carbons (Fsp3) is 0.467. The lowest BCUT2D eigenvalue weighted by Crippen LogP contribution is -2.39. The lowest BCUT2D eigenvalue weighted by Gasteiger charge is -2.11. The molecule has 0 unspecified atom stereocenters. The average molecular weight is 277 g/mol. The van der Waals surface area contributed by atoms with Gasteiger partial charge in [0, 0.05) is 23.8 Å². The Morgan fingerprint density at radius 1 is 1.25 bits per heavy atom. The Morgan fingerprint density at radius 3 is 2.50 bits per heavy atom. The van der Waals surface area contributed by atoms with Gasteiger partial charge in [-0.15, -0.1) is 0 Å². The Balaban J connectivity index is 2.61. The standard InChI is InChI=1S/C15H23N3O2/c1-5-16-12-6-7-13(11(4)8-12)15(20)17-9-14(19)18-10(2)3/h6-8,10,16H,5,9H2,1-4H3,(H,17,20)(H,18,19). The lowest BCUT2D eigenvalue weighted by molar-refractivity contribution is -0.120. The molecule has 1 rings (SSSR count). The van der Waals surface area contributed by atoms with E-state index < -0.39 is 0 Å². The van der Waals surface area contributed by atoms with Crippen LogP contribution < -0.4 is 16.0 Å². The molecule has 0 aliphatic rings. The van der Waals surface area contributed by atoms with Crippen molar-refractivity contribution in [1.29, 1.82) is 0 Å². The quantitative estimate of drug-likeness (QED) is 0.741. The number of amides is 2. The summed E-state index contributed by atoms with van der Waals surface area (Å²) in [5, 5.41) is 8.54. The monoisotopic (exact) mass is 277 g/mol. The lowest BCUT2D eigenvalue weighted by atomic mass is 10.1. The van der Waals surface area contributed by atoms with Gasteiger partial charge >= 0.3 is 0 Å². The van der Waals surface area contributed by atoms with Crippen LogP contribution in [0.5, 0.6) is 0 Å². The van der Waals surface area contributed by atoms with Gasteiger partial charge in [0.15, 0.2) is 0 Å². The van der Waals surface area contributed by atoms with Crippen LogP contribution in [0.4, 0.5) is 5.69 Å². The summed E-state index contributed by atoms with van der Waals surface area (Å²) >= 11 is 0. The van der Waals surface area contributed by atoms with Crippen molar-refractivity contribution in [2.24, 2.45) is 0 Å². The van der Waals surface area contributed by atoms with Crippen LogP contribution in [0.25, 0.3) is 0 Å². The maximum Gasteiger partial charge on any atom is 0.251 e. The molecule has 0 heterocycles. The van der Waals surface area contributed by atoms with Gasteiger partial charge < -0.3 is 16.0 Å². The first-order valence-electron chi connectivity index (χ1n) is 6.86. The Morgan fingerprint density at radius 2 is 1.95 bits per heavy atom. The van der Waals surface area contributed by atoms with Crippen molar-refractivity contribution in [3.05, 3.63) is 29.3 Å². The molecule has 110 valence electrons. The first-order chi connectivity index (χ1) is 9.43. The normalized spacial score (nSPS) is 10.2. The molecule has 5 nitrogen and oxygen atoms in total. The zero-order valence-corrected chi connectivity index (χ0v) is 12.5. The summed E-state index contributed by atoms with van der Waals surface area (Å²) in [6, 6.07) is 5.62. The zero-order chi connectivity index (χ0) is 15.1. The number of aryl methyl sites for hydroxylation is 1. The molecule has 3 N–H and O–H groups in total. The molecule has 20 heavy (non-hydrogen) atoms. The van der Waals surface area contributed by atoms with E-state index in [-0.39, 0.29) is 24.4 Å².